The third-order valence-corrected chi connectivity index (χ3v) is 3.22. The maximum absolute atomic E-state index is 11.7. The van der Waals surface area contributed by atoms with Crippen molar-refractivity contribution in [1.29, 1.82) is 0 Å². The van der Waals surface area contributed by atoms with Crippen LogP contribution >= 0.6 is 15.9 Å². The summed E-state index contributed by atoms with van der Waals surface area (Å²) in [5.74, 6) is 0.610. The normalized spacial score (nSPS) is 13.8. The van der Waals surface area contributed by atoms with E-state index in [1.165, 1.54) is 0 Å². The Hall–Kier alpha value is -1.11. The molecule has 6 heteroatoms. The summed E-state index contributed by atoms with van der Waals surface area (Å²) in [6, 6.07) is 7.17. The molecule has 2 unspecified atom stereocenters. The molecule has 0 fully saturated rings. The molecule has 0 aromatic heterocycles. The number of carbonyl (C=O) groups is 1. The first-order valence-electron chi connectivity index (χ1n) is 6.98. The van der Waals surface area contributed by atoms with E-state index in [1.54, 1.807) is 6.92 Å². The van der Waals surface area contributed by atoms with Gasteiger partial charge in [0.1, 0.15) is 18.5 Å². The first-order valence-corrected chi connectivity index (χ1v) is 7.78. The Kier molecular flexibility index (Phi) is 7.71. The molecule has 0 bridgehead atoms. The van der Waals surface area contributed by atoms with Crippen molar-refractivity contribution in [1.82, 2.24) is 10.6 Å². The maximum Gasteiger partial charge on any atom is 0.237 e. The molecule has 0 aliphatic carbocycles. The van der Waals surface area contributed by atoms with Crippen molar-refractivity contribution in [2.45, 2.75) is 39.0 Å². The van der Waals surface area contributed by atoms with Crippen LogP contribution in [-0.2, 0) is 4.79 Å². The Morgan fingerprint density at radius 3 is 2.71 bits per heavy atom. The average Bonchev–Trinajstić information content (AvgIpc) is 2.41. The van der Waals surface area contributed by atoms with E-state index < -0.39 is 6.10 Å². The van der Waals surface area contributed by atoms with Gasteiger partial charge in [-0.05, 0) is 39.0 Å². The lowest BCUT2D eigenvalue weighted by molar-refractivity contribution is -0.123. The Morgan fingerprint density at radius 1 is 1.38 bits per heavy atom. The van der Waals surface area contributed by atoms with E-state index in [0.717, 1.165) is 4.47 Å². The van der Waals surface area contributed by atoms with Crippen molar-refractivity contribution < 1.29 is 14.6 Å². The molecule has 0 saturated carbocycles. The van der Waals surface area contributed by atoms with Gasteiger partial charge in [0.2, 0.25) is 5.91 Å². The Balaban J connectivity index is 2.27. The highest BCUT2D eigenvalue weighted by molar-refractivity contribution is 9.10. The number of amides is 1. The monoisotopic (exact) mass is 358 g/mol. The molecule has 0 heterocycles. The fourth-order valence-corrected chi connectivity index (χ4v) is 2.00. The molecule has 1 aromatic carbocycles. The van der Waals surface area contributed by atoms with Crippen molar-refractivity contribution in [3.8, 4) is 5.75 Å². The standard InChI is InChI=1S/C15H23BrN2O3/c1-10(2)18-15(20)11(3)17-8-13(19)9-21-14-6-4-5-12(16)7-14/h4-7,10-11,13,17,19H,8-9H2,1-3H3,(H,18,20). The lowest BCUT2D eigenvalue weighted by atomic mass is 10.2. The Labute approximate surface area is 134 Å². The minimum Gasteiger partial charge on any atom is -0.491 e. The summed E-state index contributed by atoms with van der Waals surface area (Å²) in [6.07, 6.45) is -0.682. The van der Waals surface area contributed by atoms with E-state index in [4.69, 9.17) is 4.74 Å². The number of aliphatic hydroxyl groups excluding tert-OH is 1. The summed E-state index contributed by atoms with van der Waals surface area (Å²) >= 11 is 3.36. The van der Waals surface area contributed by atoms with Crippen LogP contribution in [0.2, 0.25) is 0 Å². The summed E-state index contributed by atoms with van der Waals surface area (Å²) in [4.78, 5) is 11.7. The first kappa shape index (κ1) is 17.9. The van der Waals surface area contributed by atoms with E-state index in [9.17, 15) is 9.90 Å². The predicted octanol–water partition coefficient (Wildman–Crippen LogP) is 1.69. The number of rotatable bonds is 8. The van der Waals surface area contributed by atoms with Gasteiger partial charge in [-0.1, -0.05) is 22.0 Å². The number of aliphatic hydroxyl groups is 1. The lowest BCUT2D eigenvalue weighted by Gasteiger charge is -2.18. The summed E-state index contributed by atoms with van der Waals surface area (Å²) in [7, 11) is 0. The van der Waals surface area contributed by atoms with Gasteiger partial charge in [0.05, 0.1) is 6.04 Å². The average molecular weight is 359 g/mol. The third-order valence-electron chi connectivity index (χ3n) is 2.72. The molecule has 21 heavy (non-hydrogen) atoms. The fraction of sp³-hybridized carbons (Fsp3) is 0.533. The Bertz CT molecular complexity index is 454. The van der Waals surface area contributed by atoms with Gasteiger partial charge in [0.25, 0.3) is 0 Å². The number of hydrogen-bond donors (Lipinski definition) is 3. The second kappa shape index (κ2) is 9.02. The summed E-state index contributed by atoms with van der Waals surface area (Å²) in [5.41, 5.74) is 0. The minimum atomic E-state index is -0.682. The molecule has 0 saturated heterocycles. The predicted molar refractivity (Wildman–Crippen MR) is 86.4 cm³/mol. The van der Waals surface area contributed by atoms with Gasteiger partial charge in [-0.25, -0.2) is 0 Å². The summed E-state index contributed by atoms with van der Waals surface area (Å²) < 4.78 is 6.41. The highest BCUT2D eigenvalue weighted by Gasteiger charge is 2.15. The minimum absolute atomic E-state index is 0.0786. The number of benzene rings is 1. The number of halogens is 1. The van der Waals surface area contributed by atoms with Gasteiger partial charge in [-0.3, -0.25) is 4.79 Å². The van der Waals surface area contributed by atoms with Crippen LogP contribution in [0.25, 0.3) is 0 Å². The topological polar surface area (TPSA) is 70.6 Å². The molecule has 0 radical (unpaired) electrons. The second-order valence-electron chi connectivity index (χ2n) is 5.22. The molecule has 5 nitrogen and oxygen atoms in total. The van der Waals surface area contributed by atoms with Gasteiger partial charge < -0.3 is 20.5 Å². The second-order valence-corrected chi connectivity index (χ2v) is 6.13. The van der Waals surface area contributed by atoms with Crippen LogP contribution in [0.3, 0.4) is 0 Å². The van der Waals surface area contributed by atoms with E-state index in [0.29, 0.717) is 12.3 Å². The van der Waals surface area contributed by atoms with Gasteiger partial charge in [0, 0.05) is 17.1 Å². The smallest absolute Gasteiger partial charge is 0.237 e. The van der Waals surface area contributed by atoms with Crippen LogP contribution in [0.5, 0.6) is 5.75 Å². The number of carbonyl (C=O) groups excluding carboxylic acids is 1. The van der Waals surface area contributed by atoms with Crippen LogP contribution in [0.1, 0.15) is 20.8 Å². The molecule has 0 aliphatic rings. The quantitative estimate of drug-likeness (QED) is 0.661. The van der Waals surface area contributed by atoms with Crippen LogP contribution in [-0.4, -0.2) is 42.4 Å². The van der Waals surface area contributed by atoms with E-state index in [1.807, 2.05) is 38.1 Å². The van der Waals surface area contributed by atoms with Crippen molar-refractivity contribution in [2.24, 2.45) is 0 Å². The number of hydrogen-bond acceptors (Lipinski definition) is 4. The lowest BCUT2D eigenvalue weighted by Crippen LogP contribution is -2.47. The van der Waals surface area contributed by atoms with E-state index in [2.05, 4.69) is 26.6 Å². The molecule has 1 amide bonds. The zero-order valence-electron chi connectivity index (χ0n) is 12.6. The molecule has 1 rings (SSSR count). The van der Waals surface area contributed by atoms with Crippen LogP contribution < -0.4 is 15.4 Å². The maximum atomic E-state index is 11.7. The van der Waals surface area contributed by atoms with Gasteiger partial charge in [-0.15, -0.1) is 0 Å². The van der Waals surface area contributed by atoms with Crippen LogP contribution in [0.4, 0.5) is 0 Å². The first-order chi connectivity index (χ1) is 9.88. The van der Waals surface area contributed by atoms with Gasteiger partial charge in [0.15, 0.2) is 0 Å². The summed E-state index contributed by atoms with van der Waals surface area (Å²) in [5, 5.41) is 15.7. The molecule has 3 N–H and O–H groups in total. The van der Waals surface area contributed by atoms with Crippen molar-refractivity contribution in [3.63, 3.8) is 0 Å². The van der Waals surface area contributed by atoms with Crippen molar-refractivity contribution in [2.75, 3.05) is 13.2 Å². The van der Waals surface area contributed by atoms with Gasteiger partial charge in [-0.2, -0.15) is 0 Å². The van der Waals surface area contributed by atoms with E-state index >= 15 is 0 Å². The molecule has 118 valence electrons. The Morgan fingerprint density at radius 2 is 2.10 bits per heavy atom. The summed E-state index contributed by atoms with van der Waals surface area (Å²) in [6.45, 7) is 6.04. The van der Waals surface area contributed by atoms with Crippen molar-refractivity contribution in [3.05, 3.63) is 28.7 Å². The number of nitrogens with one attached hydrogen (secondary N) is 2. The van der Waals surface area contributed by atoms with Crippen LogP contribution in [0, 0.1) is 0 Å². The highest BCUT2D eigenvalue weighted by atomic mass is 79.9. The van der Waals surface area contributed by atoms with Crippen molar-refractivity contribution >= 4 is 21.8 Å². The molecule has 1 aromatic rings. The molecular weight excluding hydrogens is 336 g/mol. The fourth-order valence-electron chi connectivity index (χ4n) is 1.62. The molecule has 0 spiro atoms. The molecular formula is C15H23BrN2O3. The zero-order chi connectivity index (χ0) is 15.8. The SMILES string of the molecule is CC(C)NC(=O)C(C)NCC(O)COc1cccc(Br)c1. The van der Waals surface area contributed by atoms with Crippen LogP contribution in [0.15, 0.2) is 28.7 Å². The van der Waals surface area contributed by atoms with E-state index in [-0.39, 0.29) is 24.6 Å². The largest absolute Gasteiger partial charge is 0.491 e. The zero-order valence-corrected chi connectivity index (χ0v) is 14.2. The van der Waals surface area contributed by atoms with Gasteiger partial charge >= 0.3 is 0 Å². The highest BCUT2D eigenvalue weighted by Crippen LogP contribution is 2.17. The molecule has 2 atom stereocenters. The molecule has 0 aliphatic heterocycles. The third kappa shape index (κ3) is 7.45. The number of ether oxygens (including phenoxy) is 1.